The Hall–Kier alpha value is 0.290. The van der Waals surface area contributed by atoms with Gasteiger partial charge in [0.2, 0.25) is 0 Å². The van der Waals surface area contributed by atoms with Gasteiger partial charge in [-0.05, 0) is 75.6 Å². The molecular formula is C15H21Br2NOS. The lowest BCUT2D eigenvalue weighted by atomic mass is 10.2. The fourth-order valence-electron chi connectivity index (χ4n) is 2.69. The first-order chi connectivity index (χ1) is 9.65. The summed E-state index contributed by atoms with van der Waals surface area (Å²) in [5.74, 6) is 0.888. The van der Waals surface area contributed by atoms with E-state index < -0.39 is 0 Å². The highest BCUT2D eigenvalue weighted by molar-refractivity contribution is 9.11. The lowest BCUT2D eigenvalue weighted by molar-refractivity contribution is 0.336. The maximum absolute atomic E-state index is 5.62. The van der Waals surface area contributed by atoms with Crippen molar-refractivity contribution in [1.29, 1.82) is 0 Å². The van der Waals surface area contributed by atoms with Crippen molar-refractivity contribution in [1.82, 2.24) is 5.32 Å². The summed E-state index contributed by atoms with van der Waals surface area (Å²) in [6.45, 7) is 3.58. The minimum Gasteiger partial charge on any atom is -0.492 e. The second kappa shape index (κ2) is 8.06. The Morgan fingerprint density at radius 1 is 1.30 bits per heavy atom. The number of benzene rings is 1. The van der Waals surface area contributed by atoms with E-state index in [0.717, 1.165) is 26.5 Å². The first-order valence-corrected chi connectivity index (χ1v) is 9.90. The summed E-state index contributed by atoms with van der Waals surface area (Å²) >= 11 is 9.17. The van der Waals surface area contributed by atoms with Gasteiger partial charge < -0.3 is 10.1 Å². The maximum atomic E-state index is 5.62. The average Bonchev–Trinajstić information content (AvgIpc) is 2.88. The molecule has 0 heterocycles. The van der Waals surface area contributed by atoms with Gasteiger partial charge in [0.05, 0.1) is 15.6 Å². The summed E-state index contributed by atoms with van der Waals surface area (Å²) < 4.78 is 7.64. The van der Waals surface area contributed by atoms with Crippen molar-refractivity contribution in [3.8, 4) is 5.75 Å². The van der Waals surface area contributed by atoms with E-state index in [1.807, 2.05) is 18.7 Å². The molecule has 1 aromatic rings. The van der Waals surface area contributed by atoms with Gasteiger partial charge in [-0.1, -0.05) is 6.42 Å². The average molecular weight is 423 g/mol. The molecule has 0 saturated heterocycles. The molecular weight excluding hydrogens is 402 g/mol. The molecule has 1 saturated carbocycles. The van der Waals surface area contributed by atoms with Gasteiger partial charge in [0, 0.05) is 17.8 Å². The molecule has 2 atom stereocenters. The minimum absolute atomic E-state index is 0.647. The quantitative estimate of drug-likeness (QED) is 0.697. The number of ether oxygens (including phenoxy) is 1. The van der Waals surface area contributed by atoms with Gasteiger partial charge in [-0.3, -0.25) is 0 Å². The van der Waals surface area contributed by atoms with E-state index in [1.54, 1.807) is 0 Å². The molecule has 112 valence electrons. The van der Waals surface area contributed by atoms with Crippen molar-refractivity contribution in [2.45, 2.75) is 44.0 Å². The fraction of sp³-hybridized carbons (Fsp3) is 0.600. The number of thioether (sulfide) groups is 1. The third kappa shape index (κ3) is 4.15. The molecule has 1 aliphatic rings. The number of hydrogen-bond acceptors (Lipinski definition) is 3. The van der Waals surface area contributed by atoms with Crippen molar-refractivity contribution in [3.05, 3.63) is 26.6 Å². The molecule has 0 spiro atoms. The zero-order chi connectivity index (χ0) is 14.5. The molecule has 2 nitrogen and oxygen atoms in total. The molecule has 0 amide bonds. The van der Waals surface area contributed by atoms with Gasteiger partial charge >= 0.3 is 0 Å². The van der Waals surface area contributed by atoms with Crippen LogP contribution in [0.1, 0.15) is 31.7 Å². The molecule has 1 aliphatic carbocycles. The highest BCUT2D eigenvalue weighted by atomic mass is 79.9. The van der Waals surface area contributed by atoms with Crippen LogP contribution in [0.4, 0.5) is 0 Å². The summed E-state index contributed by atoms with van der Waals surface area (Å²) in [6, 6.07) is 4.94. The van der Waals surface area contributed by atoms with Gasteiger partial charge in [-0.2, -0.15) is 11.8 Å². The van der Waals surface area contributed by atoms with Gasteiger partial charge in [0.25, 0.3) is 0 Å². The lowest BCUT2D eigenvalue weighted by Gasteiger charge is -2.19. The Labute approximate surface area is 142 Å². The van der Waals surface area contributed by atoms with E-state index in [9.17, 15) is 0 Å². The van der Waals surface area contributed by atoms with Gasteiger partial charge in [-0.25, -0.2) is 0 Å². The first kappa shape index (κ1) is 16.7. The van der Waals surface area contributed by atoms with Crippen LogP contribution in [0.3, 0.4) is 0 Å². The van der Waals surface area contributed by atoms with Gasteiger partial charge in [0.15, 0.2) is 0 Å². The second-order valence-electron chi connectivity index (χ2n) is 5.01. The molecule has 1 fully saturated rings. The van der Waals surface area contributed by atoms with Crippen molar-refractivity contribution in [2.24, 2.45) is 0 Å². The maximum Gasteiger partial charge on any atom is 0.147 e. The minimum atomic E-state index is 0.647. The first-order valence-electron chi connectivity index (χ1n) is 7.02. The zero-order valence-electron chi connectivity index (χ0n) is 11.9. The predicted octanol–water partition coefficient (Wildman–Crippen LogP) is 4.98. The summed E-state index contributed by atoms with van der Waals surface area (Å²) in [5, 5.41) is 4.47. The number of nitrogens with one attached hydrogen (secondary N) is 1. The molecule has 0 radical (unpaired) electrons. The lowest BCUT2D eigenvalue weighted by Crippen LogP contribution is -2.33. The Morgan fingerprint density at radius 2 is 2.00 bits per heavy atom. The number of halogens is 2. The van der Waals surface area contributed by atoms with Crippen LogP contribution in [0.25, 0.3) is 0 Å². The summed E-state index contributed by atoms with van der Waals surface area (Å²) in [5.41, 5.74) is 1.28. The van der Waals surface area contributed by atoms with Crippen LogP contribution >= 0.6 is 43.6 Å². The van der Waals surface area contributed by atoms with E-state index in [-0.39, 0.29) is 0 Å². The Kier molecular flexibility index (Phi) is 6.72. The standard InChI is InChI=1S/C15H21Br2NOS/c1-3-19-15-11(16)7-10(8-12(15)17)9-18-13-5-4-6-14(13)20-2/h7-8,13-14,18H,3-6,9H2,1-2H3. The monoisotopic (exact) mass is 421 g/mol. The van der Waals surface area contributed by atoms with E-state index in [2.05, 4.69) is 55.6 Å². The molecule has 2 unspecified atom stereocenters. The van der Waals surface area contributed by atoms with E-state index in [4.69, 9.17) is 4.74 Å². The summed E-state index contributed by atoms with van der Waals surface area (Å²) in [4.78, 5) is 0. The van der Waals surface area contributed by atoms with Crippen molar-refractivity contribution >= 4 is 43.6 Å². The normalized spacial score (nSPS) is 22.2. The topological polar surface area (TPSA) is 21.3 Å². The molecule has 1 N–H and O–H groups in total. The molecule has 2 rings (SSSR count). The Bertz CT molecular complexity index is 432. The SMILES string of the molecule is CCOc1c(Br)cc(CNC2CCCC2SC)cc1Br. The zero-order valence-corrected chi connectivity index (χ0v) is 15.9. The van der Waals surface area contributed by atoms with Crippen LogP contribution in [0.5, 0.6) is 5.75 Å². The van der Waals surface area contributed by atoms with Crippen LogP contribution in [0.2, 0.25) is 0 Å². The molecule has 20 heavy (non-hydrogen) atoms. The Morgan fingerprint density at radius 3 is 2.60 bits per heavy atom. The molecule has 5 heteroatoms. The second-order valence-corrected chi connectivity index (χ2v) is 7.80. The highest BCUT2D eigenvalue weighted by Crippen LogP contribution is 2.35. The number of hydrogen-bond donors (Lipinski definition) is 1. The molecule has 1 aromatic carbocycles. The van der Waals surface area contributed by atoms with Gasteiger partial charge in [-0.15, -0.1) is 0 Å². The van der Waals surface area contributed by atoms with E-state index in [0.29, 0.717) is 12.6 Å². The predicted molar refractivity (Wildman–Crippen MR) is 94.8 cm³/mol. The summed E-state index contributed by atoms with van der Waals surface area (Å²) in [6.07, 6.45) is 6.20. The van der Waals surface area contributed by atoms with E-state index >= 15 is 0 Å². The van der Waals surface area contributed by atoms with Crippen LogP contribution in [-0.2, 0) is 6.54 Å². The molecule has 0 aliphatic heterocycles. The molecule has 0 aromatic heterocycles. The molecule has 0 bridgehead atoms. The van der Waals surface area contributed by atoms with E-state index in [1.165, 1.54) is 24.8 Å². The van der Waals surface area contributed by atoms with Crippen LogP contribution in [0.15, 0.2) is 21.1 Å². The van der Waals surface area contributed by atoms with Crippen LogP contribution in [0, 0.1) is 0 Å². The third-order valence-corrected chi connectivity index (χ3v) is 6.02. The van der Waals surface area contributed by atoms with Gasteiger partial charge in [0.1, 0.15) is 5.75 Å². The van der Waals surface area contributed by atoms with Crippen molar-refractivity contribution in [3.63, 3.8) is 0 Å². The van der Waals surface area contributed by atoms with Crippen LogP contribution in [-0.4, -0.2) is 24.2 Å². The summed E-state index contributed by atoms with van der Waals surface area (Å²) in [7, 11) is 0. The fourth-order valence-corrected chi connectivity index (χ4v) is 5.16. The van der Waals surface area contributed by atoms with Crippen LogP contribution < -0.4 is 10.1 Å². The Balaban J connectivity index is 1.99. The highest BCUT2D eigenvalue weighted by Gasteiger charge is 2.25. The van der Waals surface area contributed by atoms with Crippen molar-refractivity contribution in [2.75, 3.05) is 12.9 Å². The third-order valence-electron chi connectivity index (χ3n) is 3.67. The van der Waals surface area contributed by atoms with Crippen molar-refractivity contribution < 1.29 is 4.74 Å². The largest absolute Gasteiger partial charge is 0.492 e. The smallest absolute Gasteiger partial charge is 0.147 e. The number of rotatable bonds is 6.